The van der Waals surface area contributed by atoms with Crippen molar-refractivity contribution < 1.29 is 13.9 Å². The maximum absolute atomic E-state index is 14.2. The zero-order chi connectivity index (χ0) is 15.7. The van der Waals surface area contributed by atoms with Crippen molar-refractivity contribution >= 4 is 34.2 Å². The Morgan fingerprint density at radius 3 is 2.40 bits per heavy atom. The summed E-state index contributed by atoms with van der Waals surface area (Å²) >= 11 is 1.81. The van der Waals surface area contributed by atoms with Gasteiger partial charge in [0.25, 0.3) is 0 Å². The lowest BCUT2D eigenvalue weighted by Crippen LogP contribution is -2.28. The summed E-state index contributed by atoms with van der Waals surface area (Å²) in [6.45, 7) is 6.83. The number of anilines is 1. The van der Waals surface area contributed by atoms with Crippen LogP contribution in [0.1, 0.15) is 31.9 Å². The molecule has 1 amide bonds. The number of nitriles is 1. The van der Waals surface area contributed by atoms with Crippen molar-refractivity contribution in [2.45, 2.75) is 27.7 Å². The molecule has 1 aromatic carbocycles. The highest BCUT2D eigenvalue weighted by atomic mass is 127. The molecule has 0 unspecified atom stereocenters. The third-order valence-corrected chi connectivity index (χ3v) is 4.09. The average molecular weight is 390 g/mol. The Bertz CT molecular complexity index is 601. The molecule has 0 fully saturated rings. The van der Waals surface area contributed by atoms with Gasteiger partial charge in [0.15, 0.2) is 11.6 Å². The Morgan fingerprint density at radius 2 is 2.00 bits per heavy atom. The minimum absolute atomic E-state index is 0.0883. The van der Waals surface area contributed by atoms with Gasteiger partial charge in [-0.25, -0.2) is 4.39 Å². The fourth-order valence-corrected chi connectivity index (χ4v) is 2.05. The number of nitrogens with one attached hydrogen (secondary N) is 1. The monoisotopic (exact) mass is 390 g/mol. The smallest absolute Gasteiger partial charge is 0.229 e. The van der Waals surface area contributed by atoms with Gasteiger partial charge in [-0.2, -0.15) is 5.26 Å². The normalized spacial score (nSPS) is 10.9. The molecule has 0 spiro atoms. The van der Waals surface area contributed by atoms with E-state index in [2.05, 4.69) is 5.32 Å². The molecule has 0 atom stereocenters. The van der Waals surface area contributed by atoms with Crippen LogP contribution in [0.2, 0.25) is 0 Å². The number of hydrogen-bond acceptors (Lipinski definition) is 3. The number of halogens is 2. The Balaban J connectivity index is 3.53. The first-order valence-corrected chi connectivity index (χ1v) is 7.00. The van der Waals surface area contributed by atoms with E-state index in [1.165, 1.54) is 7.11 Å². The quantitative estimate of drug-likeness (QED) is 0.785. The summed E-state index contributed by atoms with van der Waals surface area (Å²) in [5.41, 5.74) is 0.122. The van der Waals surface area contributed by atoms with Crippen molar-refractivity contribution in [2.75, 3.05) is 12.4 Å². The van der Waals surface area contributed by atoms with E-state index in [1.54, 1.807) is 27.7 Å². The van der Waals surface area contributed by atoms with Crippen LogP contribution < -0.4 is 10.1 Å². The molecule has 0 aliphatic carbocycles. The largest absolute Gasteiger partial charge is 0.491 e. The van der Waals surface area contributed by atoms with Gasteiger partial charge in [-0.15, -0.1) is 0 Å². The van der Waals surface area contributed by atoms with Gasteiger partial charge in [-0.1, -0.05) is 20.8 Å². The molecule has 1 N–H and O–H groups in total. The van der Waals surface area contributed by atoms with Crippen LogP contribution in [-0.2, 0) is 4.79 Å². The molecule has 1 rings (SSSR count). The summed E-state index contributed by atoms with van der Waals surface area (Å²) in [6.07, 6.45) is 0. The highest BCUT2D eigenvalue weighted by molar-refractivity contribution is 14.1. The molecule has 0 bridgehead atoms. The minimum Gasteiger partial charge on any atom is -0.491 e. The predicted molar refractivity (Wildman–Crippen MR) is 83.2 cm³/mol. The summed E-state index contributed by atoms with van der Waals surface area (Å²) in [4.78, 5) is 12.1. The molecular formula is C14H16FIN2O2. The molecule has 0 heterocycles. The van der Waals surface area contributed by atoms with Crippen LogP contribution in [0.5, 0.6) is 5.75 Å². The Hall–Kier alpha value is -1.36. The van der Waals surface area contributed by atoms with E-state index in [0.717, 1.165) is 0 Å². The van der Waals surface area contributed by atoms with E-state index in [1.807, 2.05) is 28.7 Å². The van der Waals surface area contributed by atoms with Crippen LogP contribution >= 0.6 is 22.6 Å². The van der Waals surface area contributed by atoms with Crippen LogP contribution in [0.25, 0.3) is 0 Å². The number of hydrogen-bond donors (Lipinski definition) is 1. The molecule has 20 heavy (non-hydrogen) atoms. The van der Waals surface area contributed by atoms with E-state index in [4.69, 9.17) is 4.74 Å². The maximum Gasteiger partial charge on any atom is 0.229 e. The van der Waals surface area contributed by atoms with Gasteiger partial charge in [0.1, 0.15) is 11.8 Å². The number of methoxy groups -OCH3 is 1. The van der Waals surface area contributed by atoms with Crippen molar-refractivity contribution in [2.24, 2.45) is 5.41 Å². The fourth-order valence-electron chi connectivity index (χ4n) is 1.54. The average Bonchev–Trinajstić information content (AvgIpc) is 2.36. The van der Waals surface area contributed by atoms with Gasteiger partial charge in [-0.3, -0.25) is 4.79 Å². The highest BCUT2D eigenvalue weighted by Crippen LogP contribution is 2.38. The molecule has 0 radical (unpaired) electrons. The van der Waals surface area contributed by atoms with Crippen LogP contribution in [0.3, 0.4) is 0 Å². The third kappa shape index (κ3) is 3.03. The van der Waals surface area contributed by atoms with Crippen LogP contribution in [0.15, 0.2) is 0 Å². The zero-order valence-corrected chi connectivity index (χ0v) is 14.2. The summed E-state index contributed by atoms with van der Waals surface area (Å²) in [7, 11) is 1.30. The van der Waals surface area contributed by atoms with Gasteiger partial charge in [0.2, 0.25) is 5.91 Å². The lowest BCUT2D eigenvalue weighted by molar-refractivity contribution is -0.123. The standard InChI is InChI=1S/C14H16FIN2O2/c1-7-8(6-17)11(18-13(19)14(2,3)4)12(20-5)9(15)10(7)16/h1-5H3,(H,18,19). The second-order valence-electron chi connectivity index (χ2n) is 5.35. The number of benzene rings is 1. The van der Waals surface area contributed by atoms with Crippen LogP contribution in [0, 0.1) is 33.1 Å². The molecule has 0 aliphatic rings. The van der Waals surface area contributed by atoms with Crippen LogP contribution in [-0.4, -0.2) is 13.0 Å². The Kier molecular flexibility index (Phi) is 4.97. The van der Waals surface area contributed by atoms with Crippen LogP contribution in [0.4, 0.5) is 10.1 Å². The summed E-state index contributed by atoms with van der Waals surface area (Å²) in [5.74, 6) is -1.00. The second kappa shape index (κ2) is 5.95. The topological polar surface area (TPSA) is 62.1 Å². The number of rotatable bonds is 2. The summed E-state index contributed by atoms with van der Waals surface area (Å²) in [5, 5.41) is 11.9. The molecule has 0 aromatic heterocycles. The lowest BCUT2D eigenvalue weighted by atomic mass is 9.95. The maximum atomic E-state index is 14.2. The van der Waals surface area contributed by atoms with Gasteiger partial charge in [0.05, 0.1) is 16.2 Å². The molecule has 1 aromatic rings. The number of carbonyl (C=O) groups is 1. The molecular weight excluding hydrogens is 374 g/mol. The summed E-state index contributed by atoms with van der Waals surface area (Å²) < 4.78 is 19.5. The molecule has 4 nitrogen and oxygen atoms in total. The number of nitrogens with zero attached hydrogens (tertiary/aromatic N) is 1. The molecule has 0 saturated heterocycles. The van der Waals surface area contributed by atoms with E-state index >= 15 is 0 Å². The van der Waals surface area contributed by atoms with E-state index in [9.17, 15) is 14.4 Å². The molecule has 0 aliphatic heterocycles. The predicted octanol–water partition coefficient (Wildman–Crippen LogP) is 3.60. The number of carbonyl (C=O) groups excluding carboxylic acids is 1. The minimum atomic E-state index is -0.662. The van der Waals surface area contributed by atoms with Crippen molar-refractivity contribution in [3.05, 3.63) is 20.5 Å². The van der Waals surface area contributed by atoms with Crippen molar-refractivity contribution in [1.29, 1.82) is 5.26 Å². The van der Waals surface area contributed by atoms with Gasteiger partial charge < -0.3 is 10.1 Å². The number of amides is 1. The fraction of sp³-hybridized carbons (Fsp3) is 0.429. The van der Waals surface area contributed by atoms with Gasteiger partial charge >= 0.3 is 0 Å². The summed E-state index contributed by atoms with van der Waals surface area (Å²) in [6, 6.07) is 2.00. The second-order valence-corrected chi connectivity index (χ2v) is 6.43. The van der Waals surface area contributed by atoms with Gasteiger partial charge in [-0.05, 0) is 35.1 Å². The van der Waals surface area contributed by atoms with Crippen molar-refractivity contribution in [3.63, 3.8) is 0 Å². The Labute approximate surface area is 131 Å². The molecule has 0 saturated carbocycles. The van der Waals surface area contributed by atoms with E-state index < -0.39 is 11.2 Å². The number of ether oxygens (including phenoxy) is 1. The van der Waals surface area contributed by atoms with Crippen molar-refractivity contribution in [1.82, 2.24) is 0 Å². The first-order valence-electron chi connectivity index (χ1n) is 5.92. The SMILES string of the molecule is COc1c(F)c(I)c(C)c(C#N)c1NC(=O)C(C)(C)C. The third-order valence-electron chi connectivity index (χ3n) is 2.81. The first-order chi connectivity index (χ1) is 9.15. The van der Waals surface area contributed by atoms with E-state index in [-0.39, 0.29) is 22.9 Å². The molecule has 108 valence electrons. The molecule has 6 heteroatoms. The van der Waals surface area contributed by atoms with Crippen molar-refractivity contribution in [3.8, 4) is 11.8 Å². The first kappa shape index (κ1) is 16.7. The Morgan fingerprint density at radius 1 is 1.45 bits per heavy atom. The zero-order valence-electron chi connectivity index (χ0n) is 12.0. The lowest BCUT2D eigenvalue weighted by Gasteiger charge is -2.21. The van der Waals surface area contributed by atoms with Gasteiger partial charge in [0, 0.05) is 5.41 Å². The van der Waals surface area contributed by atoms with E-state index in [0.29, 0.717) is 9.13 Å². The highest BCUT2D eigenvalue weighted by Gasteiger charge is 2.27.